The number of carbonyl (C=O) groups is 1. The van der Waals surface area contributed by atoms with Crippen molar-refractivity contribution < 1.29 is 4.79 Å². The number of anilines is 2. The normalized spacial score (nSPS) is 10.8. The van der Waals surface area contributed by atoms with Crippen LogP contribution in [0.5, 0.6) is 0 Å². The van der Waals surface area contributed by atoms with E-state index in [-0.39, 0.29) is 11.1 Å². The van der Waals surface area contributed by atoms with Crippen molar-refractivity contribution in [3.8, 4) is 5.82 Å². The van der Waals surface area contributed by atoms with E-state index in [2.05, 4.69) is 20.4 Å². The van der Waals surface area contributed by atoms with Gasteiger partial charge in [-0.3, -0.25) is 14.2 Å². The van der Waals surface area contributed by atoms with Crippen molar-refractivity contribution in [3.05, 3.63) is 77.1 Å². The predicted molar refractivity (Wildman–Crippen MR) is 94.6 cm³/mol. The second-order valence-corrected chi connectivity index (χ2v) is 5.41. The first kappa shape index (κ1) is 15.5. The van der Waals surface area contributed by atoms with Gasteiger partial charge in [-0.2, -0.15) is 5.10 Å². The summed E-state index contributed by atoms with van der Waals surface area (Å²) in [5.41, 5.74) is 5.87. The number of hydrogen-bond donors (Lipinski definition) is 2. The van der Waals surface area contributed by atoms with Crippen LogP contribution in [0.15, 0.2) is 66.0 Å². The van der Waals surface area contributed by atoms with E-state index in [1.807, 2.05) is 0 Å². The summed E-state index contributed by atoms with van der Waals surface area (Å²) in [4.78, 5) is 32.7. The molecule has 0 unspecified atom stereocenters. The van der Waals surface area contributed by atoms with Crippen LogP contribution in [0, 0.1) is 0 Å². The maximum Gasteiger partial charge on any atom is 0.279 e. The van der Waals surface area contributed by atoms with Gasteiger partial charge in [0.1, 0.15) is 22.9 Å². The Hall–Kier alpha value is -4.01. The number of amides is 1. The lowest BCUT2D eigenvalue weighted by Gasteiger charge is -2.09. The Morgan fingerprint density at radius 3 is 2.77 bits per heavy atom. The lowest BCUT2D eigenvalue weighted by molar-refractivity contribution is 0.100. The quantitative estimate of drug-likeness (QED) is 0.571. The fourth-order valence-electron chi connectivity index (χ4n) is 2.52. The van der Waals surface area contributed by atoms with Crippen LogP contribution in [-0.2, 0) is 0 Å². The third-order valence-corrected chi connectivity index (χ3v) is 3.74. The molecule has 0 aliphatic carbocycles. The summed E-state index contributed by atoms with van der Waals surface area (Å²) in [6.07, 6.45) is 6.22. The average molecular weight is 347 g/mol. The van der Waals surface area contributed by atoms with Gasteiger partial charge in [-0.15, -0.1) is 0 Å². The number of primary amides is 1. The summed E-state index contributed by atoms with van der Waals surface area (Å²) in [6, 6.07) is 10.3. The molecule has 4 heterocycles. The van der Waals surface area contributed by atoms with E-state index < -0.39 is 5.91 Å². The van der Waals surface area contributed by atoms with Crippen LogP contribution in [0.25, 0.3) is 11.5 Å². The Morgan fingerprint density at radius 2 is 2.00 bits per heavy atom. The maximum atomic E-state index is 12.7. The number of pyridine rings is 2. The van der Waals surface area contributed by atoms with E-state index in [9.17, 15) is 9.59 Å². The Morgan fingerprint density at radius 1 is 1.12 bits per heavy atom. The first-order valence-corrected chi connectivity index (χ1v) is 7.68. The highest BCUT2D eigenvalue weighted by atomic mass is 16.1. The van der Waals surface area contributed by atoms with Gasteiger partial charge < -0.3 is 11.1 Å². The smallest absolute Gasteiger partial charge is 0.279 e. The highest BCUT2D eigenvalue weighted by Gasteiger charge is 2.12. The Kier molecular flexibility index (Phi) is 3.66. The summed E-state index contributed by atoms with van der Waals surface area (Å²) >= 11 is 0. The van der Waals surface area contributed by atoms with E-state index in [0.29, 0.717) is 23.0 Å². The molecule has 4 rings (SSSR count). The molecular weight excluding hydrogens is 334 g/mol. The molecule has 128 valence electrons. The van der Waals surface area contributed by atoms with E-state index in [0.717, 1.165) is 0 Å². The van der Waals surface area contributed by atoms with Crippen molar-refractivity contribution in [2.24, 2.45) is 5.73 Å². The lowest BCUT2D eigenvalue weighted by atomic mass is 10.3. The number of nitrogens with two attached hydrogens (primary N) is 1. The van der Waals surface area contributed by atoms with E-state index >= 15 is 0 Å². The number of nitrogens with zero attached hydrogens (tertiary/aromatic N) is 5. The van der Waals surface area contributed by atoms with E-state index in [4.69, 9.17) is 5.73 Å². The molecule has 0 bridgehead atoms. The molecule has 9 heteroatoms. The third-order valence-electron chi connectivity index (χ3n) is 3.74. The average Bonchev–Trinajstić information content (AvgIpc) is 3.08. The summed E-state index contributed by atoms with van der Waals surface area (Å²) in [5.74, 6) is 0.273. The van der Waals surface area contributed by atoms with E-state index in [1.165, 1.54) is 15.3 Å². The third kappa shape index (κ3) is 2.67. The second kappa shape index (κ2) is 6.13. The molecule has 0 spiro atoms. The largest absolute Gasteiger partial charge is 0.365 e. The minimum absolute atomic E-state index is 0.201. The minimum atomic E-state index is -0.623. The fraction of sp³-hybridized carbons (Fsp3) is 0. The molecule has 0 atom stereocenters. The molecule has 3 N–H and O–H groups in total. The number of fused-ring (bicyclic) bond motifs is 1. The molecule has 4 aromatic rings. The van der Waals surface area contributed by atoms with Crippen molar-refractivity contribution in [2.45, 2.75) is 0 Å². The van der Waals surface area contributed by atoms with Crippen molar-refractivity contribution in [1.82, 2.24) is 24.1 Å². The van der Waals surface area contributed by atoms with Gasteiger partial charge >= 0.3 is 0 Å². The summed E-state index contributed by atoms with van der Waals surface area (Å²) in [5, 5.41) is 6.98. The highest BCUT2D eigenvalue weighted by molar-refractivity contribution is 5.98. The molecule has 0 aliphatic heterocycles. The van der Waals surface area contributed by atoms with Crippen LogP contribution >= 0.6 is 0 Å². The molecule has 9 nitrogen and oxygen atoms in total. The molecule has 1 amide bonds. The molecule has 26 heavy (non-hydrogen) atoms. The second-order valence-electron chi connectivity index (χ2n) is 5.41. The van der Waals surface area contributed by atoms with Gasteiger partial charge in [0.25, 0.3) is 11.5 Å². The van der Waals surface area contributed by atoms with Gasteiger partial charge in [0.15, 0.2) is 5.65 Å². The molecule has 0 saturated carbocycles. The van der Waals surface area contributed by atoms with Crippen molar-refractivity contribution >= 4 is 23.1 Å². The van der Waals surface area contributed by atoms with Crippen molar-refractivity contribution in [1.29, 1.82) is 0 Å². The van der Waals surface area contributed by atoms with Crippen molar-refractivity contribution in [3.63, 3.8) is 0 Å². The minimum Gasteiger partial charge on any atom is -0.365 e. The summed E-state index contributed by atoms with van der Waals surface area (Å²) < 4.78 is 2.86. The molecule has 0 aromatic carbocycles. The Balaban J connectivity index is 1.74. The molecule has 0 fully saturated rings. The molecule has 0 radical (unpaired) electrons. The van der Waals surface area contributed by atoms with Gasteiger partial charge in [0.2, 0.25) is 0 Å². The zero-order valence-corrected chi connectivity index (χ0v) is 13.4. The number of carbonyl (C=O) groups excluding carboxylic acids is 1. The van der Waals surface area contributed by atoms with Crippen LogP contribution in [0.4, 0.5) is 11.5 Å². The Bertz CT molecular complexity index is 1160. The van der Waals surface area contributed by atoms with Crippen LogP contribution in [0.2, 0.25) is 0 Å². The van der Waals surface area contributed by atoms with Crippen LogP contribution in [-0.4, -0.2) is 30.1 Å². The molecule has 0 aliphatic rings. The number of rotatable bonds is 4. The molecule has 4 aromatic heterocycles. The van der Waals surface area contributed by atoms with Gasteiger partial charge in [-0.1, -0.05) is 6.07 Å². The van der Waals surface area contributed by atoms with Gasteiger partial charge in [0.05, 0.1) is 6.20 Å². The maximum absolute atomic E-state index is 12.7. The zero-order chi connectivity index (χ0) is 18.1. The fourth-order valence-corrected chi connectivity index (χ4v) is 2.52. The topological polar surface area (TPSA) is 120 Å². The van der Waals surface area contributed by atoms with Gasteiger partial charge in [-0.05, 0) is 30.3 Å². The number of nitrogens with one attached hydrogen (secondary N) is 1. The number of hydrogen-bond acceptors (Lipinski definition) is 6. The first-order chi connectivity index (χ1) is 12.6. The van der Waals surface area contributed by atoms with Gasteiger partial charge in [0, 0.05) is 18.6 Å². The molecular formula is C17H13N7O2. The number of aromatic nitrogens is 5. The first-order valence-electron chi connectivity index (χ1n) is 7.68. The lowest BCUT2D eigenvalue weighted by Crippen LogP contribution is -2.21. The highest BCUT2D eigenvalue weighted by Crippen LogP contribution is 2.14. The predicted octanol–water partition coefficient (Wildman–Crippen LogP) is 1.12. The zero-order valence-electron chi connectivity index (χ0n) is 13.4. The van der Waals surface area contributed by atoms with E-state index in [1.54, 1.807) is 55.0 Å². The van der Waals surface area contributed by atoms with Crippen LogP contribution in [0.1, 0.15) is 10.4 Å². The van der Waals surface area contributed by atoms with Crippen LogP contribution in [0.3, 0.4) is 0 Å². The SMILES string of the molecule is NC(=O)c1cnn2ccc(Nc3cccn(-c4ccccn4)c3=O)nc12. The standard InChI is InChI=1S/C17H13N7O2/c18-15(25)11-10-20-24-9-6-13(22-16(11)24)21-12-4-3-8-23(17(12)26)14-5-1-2-7-19-14/h1-10H,(H2,18,25)(H,21,22). The monoisotopic (exact) mass is 347 g/mol. The summed E-state index contributed by atoms with van der Waals surface area (Å²) in [6.45, 7) is 0. The Labute approximate surface area is 146 Å². The van der Waals surface area contributed by atoms with Gasteiger partial charge in [-0.25, -0.2) is 14.5 Å². The van der Waals surface area contributed by atoms with Crippen molar-refractivity contribution in [2.75, 3.05) is 5.32 Å². The molecule has 0 saturated heterocycles. The van der Waals surface area contributed by atoms with Crippen LogP contribution < -0.4 is 16.6 Å². The summed E-state index contributed by atoms with van der Waals surface area (Å²) in [7, 11) is 0.